The molecule has 0 aliphatic carbocycles. The van der Waals surface area contributed by atoms with E-state index in [-0.39, 0.29) is 37.3 Å². The van der Waals surface area contributed by atoms with Gasteiger partial charge in [-0.15, -0.1) is 17.5 Å². The quantitative estimate of drug-likeness (QED) is 0.123. The predicted molar refractivity (Wildman–Crippen MR) is 222 cm³/mol. The van der Waals surface area contributed by atoms with Gasteiger partial charge in [0.1, 0.15) is 5.82 Å². The third-order valence-electron chi connectivity index (χ3n) is 10.2. The summed E-state index contributed by atoms with van der Waals surface area (Å²) in [7, 11) is 0. The Balaban J connectivity index is 0.00000480. The van der Waals surface area contributed by atoms with Crippen molar-refractivity contribution in [3.8, 4) is 39.9 Å². The number of hydrogen-bond donors (Lipinski definition) is 0. The van der Waals surface area contributed by atoms with Crippen molar-refractivity contribution in [3.63, 3.8) is 0 Å². The third-order valence-corrected chi connectivity index (χ3v) is 10.2. The molecule has 0 spiro atoms. The second kappa shape index (κ2) is 14.6. The van der Waals surface area contributed by atoms with E-state index in [1.165, 1.54) is 22.3 Å². The fraction of sp³-hybridized carbons (Fsp3) is 0.245. The molecule has 0 amide bonds. The Morgan fingerprint density at radius 3 is 1.98 bits per heavy atom. The zero-order valence-corrected chi connectivity index (χ0v) is 35.8. The SMILES string of the molecule is CC(C)(C)c1cc(-[n+]2[c-]n(-c3[c-]c(Oc4[c-]c5c(cc4)c4cc(-c6ccccc6)ccc4n5-c4cc(C(C)(C)C)ccn4)ccn3)cc2)cc(C(C)(C)C)c1.[Pt]. The zero-order chi connectivity index (χ0) is 38.7. The van der Waals surface area contributed by atoms with Gasteiger partial charge < -0.3 is 9.30 Å². The van der Waals surface area contributed by atoms with Crippen LogP contribution in [0.4, 0.5) is 0 Å². The Morgan fingerprint density at radius 1 is 0.607 bits per heavy atom. The maximum atomic E-state index is 6.49. The van der Waals surface area contributed by atoms with Crippen LogP contribution in [0, 0.1) is 18.5 Å². The van der Waals surface area contributed by atoms with Gasteiger partial charge in [0.05, 0.1) is 11.5 Å². The molecule has 8 rings (SSSR count). The van der Waals surface area contributed by atoms with Crippen molar-refractivity contribution >= 4 is 21.8 Å². The number of pyridine rings is 2. The van der Waals surface area contributed by atoms with Crippen molar-refractivity contribution in [3.05, 3.63) is 157 Å². The second-order valence-electron chi connectivity index (χ2n) is 17.4. The molecule has 0 N–H and O–H groups in total. The molecule has 8 aromatic rings. The van der Waals surface area contributed by atoms with Gasteiger partial charge in [0, 0.05) is 50.9 Å². The van der Waals surface area contributed by atoms with Crippen molar-refractivity contribution in [2.24, 2.45) is 0 Å². The minimum absolute atomic E-state index is 0. The van der Waals surface area contributed by atoms with E-state index in [0.717, 1.165) is 38.9 Å². The maximum Gasteiger partial charge on any atom is 0.268 e. The van der Waals surface area contributed by atoms with Crippen molar-refractivity contribution < 1.29 is 30.4 Å². The average Bonchev–Trinajstić information content (AvgIpc) is 3.77. The van der Waals surface area contributed by atoms with Crippen LogP contribution in [0.25, 0.3) is 50.3 Å². The summed E-state index contributed by atoms with van der Waals surface area (Å²) in [4.78, 5) is 9.50. The Kier molecular flexibility index (Phi) is 10.2. The van der Waals surface area contributed by atoms with E-state index in [2.05, 4.69) is 169 Å². The second-order valence-corrected chi connectivity index (χ2v) is 17.4. The molecule has 0 atom stereocenters. The van der Waals surface area contributed by atoms with Gasteiger partial charge in [-0.25, -0.2) is 4.98 Å². The van der Waals surface area contributed by atoms with E-state index in [9.17, 15) is 0 Å². The molecule has 4 aromatic heterocycles. The van der Waals surface area contributed by atoms with Crippen LogP contribution in [0.5, 0.6) is 11.5 Å². The normalized spacial score (nSPS) is 12.2. The standard InChI is InChI=1S/C49H47N5O.Pt/c1-47(2,3)35-19-21-51-46(29-35)54-43-18-15-34(33-13-11-10-12-14-33)25-42(43)41-17-16-39(30-44(41)54)55-40-20-22-50-45(31-40)53-24-23-52(32-53)38-27-36(48(4,5)6)26-37(28-38)49(7,8)9;/h10-29H,1-9H3;/q-2;. The van der Waals surface area contributed by atoms with Gasteiger partial charge in [-0.05, 0) is 85.5 Å². The molecule has 4 heterocycles. The first kappa shape index (κ1) is 38.9. The van der Waals surface area contributed by atoms with E-state index in [1.807, 2.05) is 45.9 Å². The molecule has 7 heteroatoms. The van der Waals surface area contributed by atoms with Crippen LogP contribution in [-0.2, 0) is 37.3 Å². The summed E-state index contributed by atoms with van der Waals surface area (Å²) in [5, 5.41) is 2.19. The van der Waals surface area contributed by atoms with E-state index in [4.69, 9.17) is 9.72 Å². The molecule has 0 bridgehead atoms. The molecule has 56 heavy (non-hydrogen) atoms. The number of nitrogens with zero attached hydrogens (tertiary/aromatic N) is 5. The number of rotatable bonds is 6. The first-order valence-electron chi connectivity index (χ1n) is 18.9. The van der Waals surface area contributed by atoms with Crippen LogP contribution in [0.3, 0.4) is 0 Å². The topological polar surface area (TPSA) is 48.8 Å². The van der Waals surface area contributed by atoms with Crippen molar-refractivity contribution in [2.45, 2.75) is 78.6 Å². The van der Waals surface area contributed by atoms with Crippen LogP contribution in [-0.4, -0.2) is 19.1 Å². The fourth-order valence-corrected chi connectivity index (χ4v) is 6.89. The Bertz CT molecular complexity index is 2650. The molecule has 4 aromatic carbocycles. The molecule has 0 aliphatic heterocycles. The zero-order valence-electron chi connectivity index (χ0n) is 33.5. The molecule has 0 fully saturated rings. The first-order chi connectivity index (χ1) is 26.1. The number of benzene rings is 4. The number of aromatic nitrogens is 5. The molecule has 0 saturated carbocycles. The minimum atomic E-state index is -0.0357. The third kappa shape index (κ3) is 7.73. The van der Waals surface area contributed by atoms with E-state index in [0.29, 0.717) is 17.3 Å². The molecule has 286 valence electrons. The summed E-state index contributed by atoms with van der Waals surface area (Å²) in [5.74, 6) is 2.51. The molecular formula is C49H47N5OPt-2. The molecule has 6 nitrogen and oxygen atoms in total. The number of fused-ring (bicyclic) bond motifs is 3. The smallest absolute Gasteiger partial charge is 0.268 e. The van der Waals surface area contributed by atoms with Gasteiger partial charge in [0.2, 0.25) is 0 Å². The van der Waals surface area contributed by atoms with Gasteiger partial charge in [0.15, 0.2) is 0 Å². The van der Waals surface area contributed by atoms with Crippen molar-refractivity contribution in [1.29, 1.82) is 0 Å². The molecular weight excluding hydrogens is 870 g/mol. The Labute approximate surface area is 345 Å². The van der Waals surface area contributed by atoms with Crippen molar-refractivity contribution in [2.75, 3.05) is 0 Å². The van der Waals surface area contributed by atoms with Gasteiger partial charge >= 0.3 is 0 Å². The summed E-state index contributed by atoms with van der Waals surface area (Å²) in [6.45, 7) is 20.2. The summed E-state index contributed by atoms with van der Waals surface area (Å²) in [5.41, 5.74) is 9.07. The van der Waals surface area contributed by atoms with Crippen LogP contribution < -0.4 is 9.30 Å². The first-order valence-corrected chi connectivity index (χ1v) is 18.9. The molecule has 0 saturated heterocycles. The molecule has 0 radical (unpaired) electrons. The van der Waals surface area contributed by atoms with Crippen LogP contribution >= 0.6 is 0 Å². The van der Waals surface area contributed by atoms with Crippen molar-refractivity contribution in [1.82, 2.24) is 19.1 Å². The Hall–Kier alpha value is -5.32. The number of hydrogen-bond acceptors (Lipinski definition) is 3. The van der Waals surface area contributed by atoms with E-state index in [1.54, 1.807) is 6.20 Å². The molecule has 0 unspecified atom stereocenters. The van der Waals surface area contributed by atoms with Gasteiger partial charge in [-0.2, -0.15) is 18.2 Å². The van der Waals surface area contributed by atoms with Crippen LogP contribution in [0.1, 0.15) is 79.0 Å². The predicted octanol–water partition coefficient (Wildman–Crippen LogP) is 11.4. The number of imidazole rings is 1. The summed E-state index contributed by atoms with van der Waals surface area (Å²) in [6.07, 6.45) is 11.0. The summed E-state index contributed by atoms with van der Waals surface area (Å²) < 4.78 is 12.5. The molecule has 0 aliphatic rings. The summed E-state index contributed by atoms with van der Waals surface area (Å²) in [6, 6.07) is 41.1. The summed E-state index contributed by atoms with van der Waals surface area (Å²) >= 11 is 0. The fourth-order valence-electron chi connectivity index (χ4n) is 6.89. The van der Waals surface area contributed by atoms with Gasteiger partial charge in [-0.3, -0.25) is 14.1 Å². The largest absolute Gasteiger partial charge is 0.522 e. The van der Waals surface area contributed by atoms with Crippen LogP contribution in [0.15, 0.2) is 122 Å². The Morgan fingerprint density at radius 2 is 1.29 bits per heavy atom. The van der Waals surface area contributed by atoms with Gasteiger partial charge in [-0.1, -0.05) is 123 Å². The number of ether oxygens (including phenoxy) is 1. The minimum Gasteiger partial charge on any atom is -0.522 e. The van der Waals surface area contributed by atoms with Gasteiger partial charge in [0.25, 0.3) is 6.33 Å². The van der Waals surface area contributed by atoms with Crippen LogP contribution in [0.2, 0.25) is 0 Å². The average molecular weight is 917 g/mol. The maximum absolute atomic E-state index is 6.49. The van der Waals surface area contributed by atoms with E-state index < -0.39 is 0 Å². The van der Waals surface area contributed by atoms with E-state index >= 15 is 0 Å². The monoisotopic (exact) mass is 916 g/mol.